The quantitative estimate of drug-likeness (QED) is 0.226. The van der Waals surface area contributed by atoms with Crippen molar-refractivity contribution in [3.05, 3.63) is 39.9 Å². The molecule has 0 aliphatic carbocycles. The molecule has 164 valence electrons. The predicted molar refractivity (Wildman–Crippen MR) is 114 cm³/mol. The van der Waals surface area contributed by atoms with E-state index in [0.717, 1.165) is 62.7 Å². The molecule has 1 fully saturated rings. The van der Waals surface area contributed by atoms with Gasteiger partial charge in [-0.2, -0.15) is 0 Å². The summed E-state index contributed by atoms with van der Waals surface area (Å²) in [6.07, 6.45) is 8.63. The van der Waals surface area contributed by atoms with Crippen LogP contribution in [0.2, 0.25) is 0 Å². The van der Waals surface area contributed by atoms with E-state index >= 15 is 0 Å². The zero-order valence-corrected chi connectivity index (χ0v) is 18.2. The maximum atomic E-state index is 11.9. The second kappa shape index (κ2) is 12.8. The van der Waals surface area contributed by atoms with Crippen molar-refractivity contribution in [3.63, 3.8) is 0 Å². The average Bonchev–Trinajstić information content (AvgIpc) is 2.73. The van der Waals surface area contributed by atoms with Gasteiger partial charge >= 0.3 is 0 Å². The number of rotatable bonds is 13. The maximum absolute atomic E-state index is 11.9. The topological polar surface area (TPSA) is 70.8 Å². The van der Waals surface area contributed by atoms with E-state index in [0.29, 0.717) is 12.8 Å². The van der Waals surface area contributed by atoms with Crippen LogP contribution in [0.3, 0.4) is 0 Å². The van der Waals surface area contributed by atoms with E-state index in [2.05, 4.69) is 13.8 Å². The molecular weight excluding hydrogens is 370 g/mol. The van der Waals surface area contributed by atoms with Crippen LogP contribution in [0.15, 0.2) is 24.3 Å². The number of hydrogen-bond acceptors (Lipinski definition) is 5. The Hall–Kier alpha value is -1.66. The normalized spacial score (nSPS) is 24.4. The number of benzene rings is 1. The van der Waals surface area contributed by atoms with E-state index in [1.54, 1.807) is 7.11 Å². The van der Waals surface area contributed by atoms with Gasteiger partial charge in [-0.05, 0) is 25.0 Å². The van der Waals surface area contributed by atoms with E-state index < -0.39 is 24.5 Å². The summed E-state index contributed by atoms with van der Waals surface area (Å²) in [5.41, 5.74) is 0.879. The molecule has 0 aromatic heterocycles. The monoisotopic (exact) mass is 407 g/mol. The average molecular weight is 408 g/mol. The third-order valence-corrected chi connectivity index (χ3v) is 5.67. The first-order valence-electron chi connectivity index (χ1n) is 11.2. The van der Waals surface area contributed by atoms with Gasteiger partial charge < -0.3 is 14.2 Å². The largest absolute Gasteiger partial charge is 0.497 e. The summed E-state index contributed by atoms with van der Waals surface area (Å²) >= 11 is 0. The first kappa shape index (κ1) is 23.6. The highest BCUT2D eigenvalue weighted by atomic mass is 16.7. The molecule has 2 atom stereocenters. The third-order valence-electron chi connectivity index (χ3n) is 5.67. The van der Waals surface area contributed by atoms with Crippen molar-refractivity contribution in [3.8, 4) is 5.75 Å². The molecule has 1 saturated heterocycles. The lowest BCUT2D eigenvalue weighted by Crippen LogP contribution is -2.51. The van der Waals surface area contributed by atoms with Gasteiger partial charge in [0, 0.05) is 10.5 Å². The molecule has 6 nitrogen and oxygen atoms in total. The Kier molecular flexibility index (Phi) is 10.4. The Balaban J connectivity index is 2.14. The highest BCUT2D eigenvalue weighted by molar-refractivity contribution is 5.28. The lowest BCUT2D eigenvalue weighted by atomic mass is 9.94. The second-order valence-corrected chi connectivity index (χ2v) is 7.93. The zero-order valence-electron chi connectivity index (χ0n) is 18.2. The summed E-state index contributed by atoms with van der Waals surface area (Å²) < 4.78 is 17.5. The first-order chi connectivity index (χ1) is 14.1. The van der Waals surface area contributed by atoms with Crippen LogP contribution in [0.25, 0.3) is 0 Å². The molecule has 29 heavy (non-hydrogen) atoms. The van der Waals surface area contributed by atoms with Gasteiger partial charge in [0.25, 0.3) is 6.04 Å². The molecular formula is C23H37NO5. The van der Waals surface area contributed by atoms with Gasteiger partial charge in [-0.15, -0.1) is 0 Å². The van der Waals surface area contributed by atoms with Crippen molar-refractivity contribution >= 4 is 0 Å². The predicted octanol–water partition coefficient (Wildman–Crippen LogP) is 6.06. The van der Waals surface area contributed by atoms with Gasteiger partial charge in [0.1, 0.15) is 18.0 Å². The highest BCUT2D eigenvalue weighted by Crippen LogP contribution is 2.36. The lowest BCUT2D eigenvalue weighted by molar-refractivity contribution is -0.567. The van der Waals surface area contributed by atoms with Gasteiger partial charge in [-0.3, -0.25) is 10.1 Å². The molecule has 6 heteroatoms. The van der Waals surface area contributed by atoms with Crippen molar-refractivity contribution in [1.82, 2.24) is 0 Å². The molecule has 0 radical (unpaired) electrons. The van der Waals surface area contributed by atoms with Crippen LogP contribution in [0.1, 0.15) is 89.9 Å². The maximum Gasteiger partial charge on any atom is 0.264 e. The van der Waals surface area contributed by atoms with Crippen molar-refractivity contribution in [2.75, 3.05) is 7.11 Å². The summed E-state index contributed by atoms with van der Waals surface area (Å²) in [5, 5.41) is 11.9. The number of nitrogens with zero attached hydrogens (tertiary/aromatic N) is 1. The van der Waals surface area contributed by atoms with Gasteiger partial charge in [0.15, 0.2) is 6.29 Å². The molecule has 1 aliphatic heterocycles. The fourth-order valence-corrected chi connectivity index (χ4v) is 3.96. The van der Waals surface area contributed by atoms with Crippen LogP contribution in [0, 0.1) is 10.1 Å². The van der Waals surface area contributed by atoms with Crippen molar-refractivity contribution in [2.45, 2.75) is 103 Å². The van der Waals surface area contributed by atoms with Crippen molar-refractivity contribution < 1.29 is 19.1 Å². The van der Waals surface area contributed by atoms with Crippen LogP contribution in [0.4, 0.5) is 0 Å². The van der Waals surface area contributed by atoms with Crippen LogP contribution in [-0.2, 0) is 9.47 Å². The Labute approximate surface area is 175 Å². The molecule has 0 saturated carbocycles. The smallest absolute Gasteiger partial charge is 0.264 e. The lowest BCUT2D eigenvalue weighted by Gasteiger charge is -2.38. The number of unbranched alkanes of at least 4 members (excludes halogenated alkanes) is 6. The Morgan fingerprint density at radius 1 is 0.897 bits per heavy atom. The second-order valence-electron chi connectivity index (χ2n) is 7.93. The van der Waals surface area contributed by atoms with Gasteiger partial charge in [0.2, 0.25) is 0 Å². The van der Waals surface area contributed by atoms with Crippen molar-refractivity contribution in [1.29, 1.82) is 0 Å². The summed E-state index contributed by atoms with van der Waals surface area (Å²) in [7, 11) is 1.63. The molecule has 0 unspecified atom stereocenters. The van der Waals surface area contributed by atoms with E-state index in [9.17, 15) is 10.1 Å². The molecule has 0 amide bonds. The van der Waals surface area contributed by atoms with E-state index in [4.69, 9.17) is 14.2 Å². The summed E-state index contributed by atoms with van der Waals surface area (Å²) in [6, 6.07) is 6.77. The van der Waals surface area contributed by atoms with E-state index in [1.807, 2.05) is 24.3 Å². The first-order valence-corrected chi connectivity index (χ1v) is 11.2. The number of hydrogen-bond donors (Lipinski definition) is 0. The third kappa shape index (κ3) is 7.27. The standard InChI is InChI=1S/C23H37NO5/c1-4-6-8-10-12-20-22(24(25)26)21(13-11-9-7-5-2)29-23(28-20)18-14-16-19(27-3)17-15-18/h14-17,20-23H,4-13H2,1-3H3/t20-,21-,22?,23?/m1/s1. The summed E-state index contributed by atoms with van der Waals surface area (Å²) in [5.74, 6) is 0.764. The molecule has 1 aromatic rings. The zero-order chi connectivity index (χ0) is 21.1. The number of methoxy groups -OCH3 is 1. The van der Waals surface area contributed by atoms with Crippen LogP contribution in [-0.4, -0.2) is 30.3 Å². The number of nitro groups is 1. The minimum absolute atomic E-state index is 0.181. The Bertz CT molecular complexity index is 569. The minimum Gasteiger partial charge on any atom is -0.497 e. The van der Waals surface area contributed by atoms with Crippen LogP contribution >= 0.6 is 0 Å². The van der Waals surface area contributed by atoms with Gasteiger partial charge in [0.05, 0.1) is 7.11 Å². The fraction of sp³-hybridized carbons (Fsp3) is 0.739. The number of ether oxygens (including phenoxy) is 3. The SMILES string of the molecule is CCCCCC[C@H]1OC(c2ccc(OC)cc2)O[C@H](CCCCCC)C1[N+](=O)[O-]. The highest BCUT2D eigenvalue weighted by Gasteiger charge is 2.47. The van der Waals surface area contributed by atoms with Gasteiger partial charge in [-0.1, -0.05) is 77.3 Å². The molecule has 0 spiro atoms. The van der Waals surface area contributed by atoms with Crippen molar-refractivity contribution in [2.24, 2.45) is 0 Å². The Morgan fingerprint density at radius 2 is 1.41 bits per heavy atom. The Morgan fingerprint density at radius 3 is 1.83 bits per heavy atom. The van der Waals surface area contributed by atoms with Crippen LogP contribution < -0.4 is 4.74 Å². The molecule has 1 aliphatic rings. The van der Waals surface area contributed by atoms with E-state index in [1.165, 1.54) is 0 Å². The van der Waals surface area contributed by atoms with Gasteiger partial charge in [-0.25, -0.2) is 0 Å². The molecule has 1 heterocycles. The van der Waals surface area contributed by atoms with Crippen LogP contribution in [0.5, 0.6) is 5.75 Å². The molecule has 1 aromatic carbocycles. The molecule has 0 bridgehead atoms. The minimum atomic E-state index is -0.798. The summed E-state index contributed by atoms with van der Waals surface area (Å²) in [4.78, 5) is 11.7. The van der Waals surface area contributed by atoms with E-state index in [-0.39, 0.29) is 4.92 Å². The molecule has 0 N–H and O–H groups in total. The summed E-state index contributed by atoms with van der Waals surface area (Å²) in [6.45, 7) is 4.33. The molecule has 2 rings (SSSR count). The fourth-order valence-electron chi connectivity index (χ4n) is 3.96.